The van der Waals surface area contributed by atoms with E-state index in [2.05, 4.69) is 10.1 Å². The Morgan fingerprint density at radius 1 is 1.04 bits per heavy atom. The molecule has 3 rings (SSSR count). The van der Waals surface area contributed by atoms with Crippen molar-refractivity contribution >= 4 is 34.9 Å². The number of hydrogen-bond acceptors (Lipinski definition) is 5. The van der Waals surface area contributed by atoms with E-state index in [1.807, 2.05) is 0 Å². The maximum Gasteiger partial charge on any atom is 0.339 e. The minimum absolute atomic E-state index is 0.197. The summed E-state index contributed by atoms with van der Waals surface area (Å²) >= 11 is 0. The van der Waals surface area contributed by atoms with Gasteiger partial charge in [-0.2, -0.15) is 0 Å². The predicted molar refractivity (Wildman–Crippen MR) is 89.5 cm³/mol. The number of esters is 1. The van der Waals surface area contributed by atoms with Crippen LogP contribution in [0.25, 0.3) is 0 Å². The number of ether oxygens (including phenoxy) is 1. The first-order valence-corrected chi connectivity index (χ1v) is 7.45. The predicted octanol–water partition coefficient (Wildman–Crippen LogP) is 1.64. The van der Waals surface area contributed by atoms with Crippen molar-refractivity contribution < 1.29 is 23.9 Å². The fourth-order valence-corrected chi connectivity index (χ4v) is 2.62. The maximum atomic E-state index is 12.3. The number of fused-ring (bicyclic) bond motifs is 1. The average Bonchev–Trinajstić information content (AvgIpc) is 2.87. The van der Waals surface area contributed by atoms with Crippen LogP contribution < -0.4 is 10.2 Å². The van der Waals surface area contributed by atoms with Gasteiger partial charge in [-0.15, -0.1) is 0 Å². The number of carbonyl (C=O) groups excluding carboxylic acids is 4. The third-order valence-electron chi connectivity index (χ3n) is 3.79. The summed E-state index contributed by atoms with van der Waals surface area (Å²) in [5.41, 5.74) is 1.14. The van der Waals surface area contributed by atoms with Crippen molar-refractivity contribution in [1.29, 1.82) is 0 Å². The van der Waals surface area contributed by atoms with Crippen LogP contribution in [0.4, 0.5) is 11.4 Å². The van der Waals surface area contributed by atoms with Gasteiger partial charge in [0.05, 0.1) is 29.6 Å². The molecule has 0 atom stereocenters. The van der Waals surface area contributed by atoms with Crippen LogP contribution in [0.3, 0.4) is 0 Å². The molecule has 0 saturated carbocycles. The molecular weight excluding hydrogens is 324 g/mol. The molecule has 2 aromatic rings. The number of amides is 2. The molecule has 0 saturated heterocycles. The quantitative estimate of drug-likeness (QED) is 0.676. The first-order chi connectivity index (χ1) is 12.0. The Morgan fingerprint density at radius 3 is 2.48 bits per heavy atom. The van der Waals surface area contributed by atoms with E-state index in [9.17, 15) is 19.2 Å². The Hall–Kier alpha value is -3.48. The van der Waals surface area contributed by atoms with Crippen LogP contribution in [0.1, 0.15) is 20.7 Å². The normalized spacial score (nSPS) is 12.8. The van der Waals surface area contributed by atoms with Gasteiger partial charge in [0.1, 0.15) is 6.54 Å². The number of Topliss-reactive ketones (excluding diaryl/α,β-unsaturated/α-hetero) is 1. The standard InChI is InChI=1S/C18H14N2O5/c1-25-18(24)11-6-2-4-8-13(11)19-15(21)10-20-14-9-5-3-7-12(14)16(22)17(20)23/h2-9H,10H2,1H3,(H,19,21). The number of benzene rings is 2. The number of methoxy groups -OCH3 is 1. The van der Waals surface area contributed by atoms with Gasteiger partial charge in [0, 0.05) is 0 Å². The Balaban J connectivity index is 1.80. The van der Waals surface area contributed by atoms with E-state index in [0.717, 1.165) is 4.90 Å². The molecule has 0 aromatic heterocycles. The lowest BCUT2D eigenvalue weighted by molar-refractivity contribution is -0.118. The molecule has 0 radical (unpaired) electrons. The molecule has 126 valence electrons. The van der Waals surface area contributed by atoms with Crippen LogP contribution in [0.15, 0.2) is 48.5 Å². The molecule has 1 N–H and O–H groups in total. The number of para-hydroxylation sites is 2. The summed E-state index contributed by atoms with van der Waals surface area (Å²) in [5.74, 6) is -2.51. The molecule has 0 fully saturated rings. The van der Waals surface area contributed by atoms with Crippen LogP contribution in [0, 0.1) is 0 Å². The third kappa shape index (κ3) is 2.99. The molecule has 1 heterocycles. The van der Waals surface area contributed by atoms with Crippen molar-refractivity contribution in [2.24, 2.45) is 0 Å². The first kappa shape index (κ1) is 16.4. The van der Waals surface area contributed by atoms with E-state index < -0.39 is 23.6 Å². The lowest BCUT2D eigenvalue weighted by Crippen LogP contribution is -2.37. The summed E-state index contributed by atoms with van der Waals surface area (Å²) in [5, 5.41) is 2.57. The second-order valence-corrected chi connectivity index (χ2v) is 5.32. The lowest BCUT2D eigenvalue weighted by atomic mass is 10.1. The zero-order chi connectivity index (χ0) is 18.0. The zero-order valence-electron chi connectivity index (χ0n) is 13.3. The monoisotopic (exact) mass is 338 g/mol. The fraction of sp³-hybridized carbons (Fsp3) is 0.111. The van der Waals surface area contributed by atoms with Crippen LogP contribution in [0.2, 0.25) is 0 Å². The first-order valence-electron chi connectivity index (χ1n) is 7.45. The Kier molecular flexibility index (Phi) is 4.30. The summed E-state index contributed by atoms with van der Waals surface area (Å²) in [6.45, 7) is -0.336. The number of carbonyl (C=O) groups is 4. The van der Waals surface area contributed by atoms with Gasteiger partial charge >= 0.3 is 5.97 Å². The van der Waals surface area contributed by atoms with Crippen molar-refractivity contribution in [3.8, 4) is 0 Å². The molecule has 0 unspecified atom stereocenters. The van der Waals surface area contributed by atoms with Crippen molar-refractivity contribution in [1.82, 2.24) is 0 Å². The number of nitrogens with one attached hydrogen (secondary N) is 1. The Bertz CT molecular complexity index is 891. The second kappa shape index (κ2) is 6.56. The molecule has 1 aliphatic heterocycles. The summed E-state index contributed by atoms with van der Waals surface area (Å²) in [7, 11) is 1.24. The number of hydrogen-bond donors (Lipinski definition) is 1. The average molecular weight is 338 g/mol. The van der Waals surface area contributed by atoms with Crippen LogP contribution in [0.5, 0.6) is 0 Å². The van der Waals surface area contributed by atoms with Gasteiger partial charge in [0.15, 0.2) is 0 Å². The largest absolute Gasteiger partial charge is 0.465 e. The molecule has 0 spiro atoms. The van der Waals surface area contributed by atoms with E-state index in [1.54, 1.807) is 42.5 Å². The summed E-state index contributed by atoms with van der Waals surface area (Å²) in [6.07, 6.45) is 0. The Labute approximate surface area is 143 Å². The fourth-order valence-electron chi connectivity index (χ4n) is 2.62. The van der Waals surface area contributed by atoms with Gasteiger partial charge in [-0.1, -0.05) is 24.3 Å². The highest BCUT2D eigenvalue weighted by Gasteiger charge is 2.36. The van der Waals surface area contributed by atoms with E-state index >= 15 is 0 Å². The summed E-state index contributed by atoms with van der Waals surface area (Å²) in [6, 6.07) is 12.8. The Morgan fingerprint density at radius 2 is 1.72 bits per heavy atom. The molecule has 7 nitrogen and oxygen atoms in total. The van der Waals surface area contributed by atoms with Gasteiger partial charge in [0.25, 0.3) is 11.7 Å². The summed E-state index contributed by atoms with van der Waals surface area (Å²) < 4.78 is 4.67. The van der Waals surface area contributed by atoms with Crippen molar-refractivity contribution in [3.05, 3.63) is 59.7 Å². The number of ketones is 1. The highest BCUT2D eigenvalue weighted by molar-refractivity contribution is 6.52. The van der Waals surface area contributed by atoms with Gasteiger partial charge in [-0.3, -0.25) is 19.3 Å². The third-order valence-corrected chi connectivity index (χ3v) is 3.79. The highest BCUT2D eigenvalue weighted by Crippen LogP contribution is 2.28. The smallest absolute Gasteiger partial charge is 0.339 e. The van der Waals surface area contributed by atoms with Gasteiger partial charge < -0.3 is 10.1 Å². The van der Waals surface area contributed by atoms with Gasteiger partial charge in [0.2, 0.25) is 5.91 Å². The van der Waals surface area contributed by atoms with Crippen LogP contribution in [-0.2, 0) is 14.3 Å². The molecule has 0 bridgehead atoms. The van der Waals surface area contributed by atoms with Gasteiger partial charge in [-0.25, -0.2) is 4.79 Å². The molecule has 2 amide bonds. The topological polar surface area (TPSA) is 92.8 Å². The molecule has 7 heteroatoms. The minimum Gasteiger partial charge on any atom is -0.465 e. The maximum absolute atomic E-state index is 12.3. The number of nitrogens with zero attached hydrogens (tertiary/aromatic N) is 1. The van der Waals surface area contributed by atoms with Crippen LogP contribution in [-0.4, -0.2) is 37.2 Å². The van der Waals surface area contributed by atoms with Crippen molar-refractivity contribution in [2.75, 3.05) is 23.9 Å². The second-order valence-electron chi connectivity index (χ2n) is 5.32. The van der Waals surface area contributed by atoms with Crippen LogP contribution >= 0.6 is 0 Å². The van der Waals surface area contributed by atoms with E-state index in [-0.39, 0.29) is 23.4 Å². The molecule has 25 heavy (non-hydrogen) atoms. The molecule has 0 aliphatic carbocycles. The van der Waals surface area contributed by atoms with E-state index in [0.29, 0.717) is 5.69 Å². The molecular formula is C18H14N2O5. The number of anilines is 2. The van der Waals surface area contributed by atoms with Crippen molar-refractivity contribution in [2.45, 2.75) is 0 Å². The molecule has 2 aromatic carbocycles. The highest BCUT2D eigenvalue weighted by atomic mass is 16.5. The minimum atomic E-state index is -0.752. The van der Waals surface area contributed by atoms with Crippen molar-refractivity contribution in [3.63, 3.8) is 0 Å². The number of rotatable bonds is 4. The SMILES string of the molecule is COC(=O)c1ccccc1NC(=O)CN1C(=O)C(=O)c2ccccc21. The summed E-state index contributed by atoms with van der Waals surface area (Å²) in [4.78, 5) is 49.2. The molecule has 1 aliphatic rings. The van der Waals surface area contributed by atoms with Gasteiger partial charge in [-0.05, 0) is 24.3 Å². The van der Waals surface area contributed by atoms with E-state index in [1.165, 1.54) is 13.2 Å². The lowest BCUT2D eigenvalue weighted by Gasteiger charge is -2.16. The zero-order valence-corrected chi connectivity index (χ0v) is 13.3. The van der Waals surface area contributed by atoms with E-state index in [4.69, 9.17) is 0 Å².